The molecular formula is C23H25BrN2O5. The van der Waals surface area contributed by atoms with Gasteiger partial charge in [-0.05, 0) is 41.3 Å². The van der Waals surface area contributed by atoms with Crippen LogP contribution in [0, 0.1) is 5.92 Å². The van der Waals surface area contributed by atoms with E-state index in [1.54, 1.807) is 25.3 Å². The van der Waals surface area contributed by atoms with Crippen molar-refractivity contribution in [1.29, 1.82) is 0 Å². The SMILES string of the molecule is COC(=O)C1=C(C(C)C)NC(=O)NC1c1ccc(OCc2ccc(Br)cc2)c(OC)c1. The van der Waals surface area contributed by atoms with Gasteiger partial charge in [-0.3, -0.25) is 0 Å². The highest BCUT2D eigenvalue weighted by Crippen LogP contribution is 2.36. The highest BCUT2D eigenvalue weighted by atomic mass is 79.9. The molecule has 8 heteroatoms. The molecule has 0 spiro atoms. The van der Waals surface area contributed by atoms with Crippen LogP contribution in [-0.2, 0) is 16.1 Å². The Morgan fingerprint density at radius 3 is 2.42 bits per heavy atom. The molecule has 0 aromatic heterocycles. The van der Waals surface area contributed by atoms with E-state index in [9.17, 15) is 9.59 Å². The van der Waals surface area contributed by atoms with Crippen LogP contribution >= 0.6 is 15.9 Å². The summed E-state index contributed by atoms with van der Waals surface area (Å²) in [7, 11) is 2.86. The van der Waals surface area contributed by atoms with Gasteiger partial charge in [-0.1, -0.05) is 48.0 Å². The third-order valence-corrected chi connectivity index (χ3v) is 5.44. The molecule has 2 aromatic rings. The van der Waals surface area contributed by atoms with Crippen molar-refractivity contribution in [1.82, 2.24) is 10.6 Å². The van der Waals surface area contributed by atoms with Crippen molar-refractivity contribution >= 4 is 27.9 Å². The van der Waals surface area contributed by atoms with E-state index in [1.165, 1.54) is 7.11 Å². The summed E-state index contributed by atoms with van der Waals surface area (Å²) in [5.74, 6) is 0.480. The second-order valence-corrected chi connectivity index (χ2v) is 8.25. The molecule has 1 heterocycles. The number of amides is 2. The molecule has 0 saturated heterocycles. The number of urea groups is 1. The van der Waals surface area contributed by atoms with E-state index in [-0.39, 0.29) is 11.9 Å². The number of hydrogen-bond acceptors (Lipinski definition) is 5. The van der Waals surface area contributed by atoms with Crippen molar-refractivity contribution in [3.05, 3.63) is 69.3 Å². The number of allylic oxidation sites excluding steroid dienone is 1. The molecule has 1 aliphatic rings. The number of carbonyl (C=O) groups excluding carboxylic acids is 2. The summed E-state index contributed by atoms with van der Waals surface area (Å²) in [6, 6.07) is 12.1. The summed E-state index contributed by atoms with van der Waals surface area (Å²) in [4.78, 5) is 24.8. The van der Waals surface area contributed by atoms with E-state index in [4.69, 9.17) is 14.2 Å². The predicted octanol–water partition coefficient (Wildman–Crippen LogP) is 4.47. The molecule has 0 aliphatic carbocycles. The standard InChI is InChI=1S/C23H25BrN2O5/c1-13(2)20-19(22(27)30-4)21(26-23(28)25-20)15-7-10-17(18(11-15)29-3)31-12-14-5-8-16(24)9-6-14/h5-11,13,21H,12H2,1-4H3,(H2,25,26,28). The lowest BCUT2D eigenvalue weighted by Crippen LogP contribution is -2.47. The lowest BCUT2D eigenvalue weighted by atomic mass is 9.91. The van der Waals surface area contributed by atoms with Gasteiger partial charge >= 0.3 is 12.0 Å². The second-order valence-electron chi connectivity index (χ2n) is 7.33. The van der Waals surface area contributed by atoms with Crippen molar-refractivity contribution in [3.63, 3.8) is 0 Å². The molecule has 1 unspecified atom stereocenters. The first-order valence-electron chi connectivity index (χ1n) is 9.79. The number of benzene rings is 2. The summed E-state index contributed by atoms with van der Waals surface area (Å²) in [5.41, 5.74) is 2.59. The lowest BCUT2D eigenvalue weighted by Gasteiger charge is -2.31. The van der Waals surface area contributed by atoms with Gasteiger partial charge in [0, 0.05) is 10.2 Å². The molecular weight excluding hydrogens is 464 g/mol. The molecule has 2 amide bonds. The van der Waals surface area contributed by atoms with Gasteiger partial charge in [-0.25, -0.2) is 9.59 Å². The monoisotopic (exact) mass is 488 g/mol. The topological polar surface area (TPSA) is 85.9 Å². The summed E-state index contributed by atoms with van der Waals surface area (Å²) >= 11 is 3.42. The van der Waals surface area contributed by atoms with Crippen LogP contribution in [0.25, 0.3) is 0 Å². The molecule has 1 aliphatic heterocycles. The Balaban J connectivity index is 1.92. The zero-order valence-electron chi connectivity index (χ0n) is 17.8. The van der Waals surface area contributed by atoms with Gasteiger partial charge < -0.3 is 24.8 Å². The quantitative estimate of drug-likeness (QED) is 0.561. The smallest absolute Gasteiger partial charge is 0.337 e. The zero-order valence-corrected chi connectivity index (χ0v) is 19.4. The Morgan fingerprint density at radius 2 is 1.81 bits per heavy atom. The highest BCUT2D eigenvalue weighted by Gasteiger charge is 2.34. The number of esters is 1. The van der Waals surface area contributed by atoms with E-state index < -0.39 is 12.0 Å². The number of hydrogen-bond donors (Lipinski definition) is 2. The largest absolute Gasteiger partial charge is 0.493 e. The van der Waals surface area contributed by atoms with Gasteiger partial charge in [-0.15, -0.1) is 0 Å². The molecule has 2 aromatic carbocycles. The van der Waals surface area contributed by atoms with Crippen molar-refractivity contribution in [2.24, 2.45) is 5.92 Å². The Kier molecular flexibility index (Phi) is 7.22. The fourth-order valence-corrected chi connectivity index (χ4v) is 3.62. The maximum absolute atomic E-state index is 12.5. The first-order valence-corrected chi connectivity index (χ1v) is 10.6. The maximum Gasteiger partial charge on any atom is 0.337 e. The van der Waals surface area contributed by atoms with Crippen LogP contribution in [0.1, 0.15) is 31.0 Å². The van der Waals surface area contributed by atoms with E-state index in [2.05, 4.69) is 26.6 Å². The molecule has 0 bridgehead atoms. The first kappa shape index (κ1) is 22.7. The van der Waals surface area contributed by atoms with Crippen LogP contribution in [0.2, 0.25) is 0 Å². The Labute approximate surface area is 189 Å². The van der Waals surface area contributed by atoms with Gasteiger partial charge in [0.25, 0.3) is 0 Å². The average molecular weight is 489 g/mol. The molecule has 164 valence electrons. The Hall–Kier alpha value is -3.00. The molecule has 3 rings (SSSR count). The lowest BCUT2D eigenvalue weighted by molar-refractivity contribution is -0.136. The minimum Gasteiger partial charge on any atom is -0.493 e. The third kappa shape index (κ3) is 5.19. The maximum atomic E-state index is 12.5. The average Bonchev–Trinajstić information content (AvgIpc) is 2.77. The molecule has 0 saturated carbocycles. The summed E-state index contributed by atoms with van der Waals surface area (Å²) in [6.45, 7) is 4.18. The fourth-order valence-electron chi connectivity index (χ4n) is 3.35. The Bertz CT molecular complexity index is 1000. The summed E-state index contributed by atoms with van der Waals surface area (Å²) in [6.07, 6.45) is 0. The molecule has 0 radical (unpaired) electrons. The van der Waals surface area contributed by atoms with Crippen molar-refractivity contribution in [2.75, 3.05) is 14.2 Å². The van der Waals surface area contributed by atoms with E-state index >= 15 is 0 Å². The summed E-state index contributed by atoms with van der Waals surface area (Å²) < 4.78 is 17.4. The van der Waals surface area contributed by atoms with Gasteiger partial charge in [0.1, 0.15) is 6.61 Å². The number of nitrogens with one attached hydrogen (secondary N) is 2. The molecule has 7 nitrogen and oxygen atoms in total. The van der Waals surface area contributed by atoms with Crippen molar-refractivity contribution < 1.29 is 23.8 Å². The van der Waals surface area contributed by atoms with Gasteiger partial charge in [0.2, 0.25) is 0 Å². The number of halogens is 1. The predicted molar refractivity (Wildman–Crippen MR) is 120 cm³/mol. The molecule has 2 N–H and O–H groups in total. The third-order valence-electron chi connectivity index (χ3n) is 4.91. The van der Waals surface area contributed by atoms with Gasteiger partial charge in [0.05, 0.1) is 25.8 Å². The minimum atomic E-state index is -0.673. The van der Waals surface area contributed by atoms with Crippen LogP contribution in [-0.4, -0.2) is 26.2 Å². The fraction of sp³-hybridized carbons (Fsp3) is 0.304. The van der Waals surface area contributed by atoms with Crippen LogP contribution in [0.15, 0.2) is 58.2 Å². The molecule has 0 fully saturated rings. The number of methoxy groups -OCH3 is 2. The highest BCUT2D eigenvalue weighted by molar-refractivity contribution is 9.10. The van der Waals surface area contributed by atoms with Crippen LogP contribution in [0.5, 0.6) is 11.5 Å². The second kappa shape index (κ2) is 9.87. The molecule has 31 heavy (non-hydrogen) atoms. The number of rotatable bonds is 7. The van der Waals surface area contributed by atoms with Crippen LogP contribution < -0.4 is 20.1 Å². The van der Waals surface area contributed by atoms with Crippen LogP contribution in [0.4, 0.5) is 4.79 Å². The normalized spacial score (nSPS) is 15.9. The van der Waals surface area contributed by atoms with E-state index in [1.807, 2.05) is 38.1 Å². The minimum absolute atomic E-state index is 0.0712. The van der Waals surface area contributed by atoms with Crippen LogP contribution in [0.3, 0.4) is 0 Å². The number of carbonyl (C=O) groups is 2. The van der Waals surface area contributed by atoms with Gasteiger partial charge in [-0.2, -0.15) is 0 Å². The van der Waals surface area contributed by atoms with Crippen molar-refractivity contribution in [3.8, 4) is 11.5 Å². The van der Waals surface area contributed by atoms with Gasteiger partial charge in [0.15, 0.2) is 11.5 Å². The first-order chi connectivity index (χ1) is 14.8. The zero-order chi connectivity index (χ0) is 22.5. The van der Waals surface area contributed by atoms with E-state index in [0.29, 0.717) is 34.9 Å². The summed E-state index contributed by atoms with van der Waals surface area (Å²) in [5, 5.41) is 5.54. The molecule has 1 atom stereocenters. The van der Waals surface area contributed by atoms with Crippen molar-refractivity contribution in [2.45, 2.75) is 26.5 Å². The van der Waals surface area contributed by atoms with E-state index in [0.717, 1.165) is 10.0 Å². The Morgan fingerprint density at radius 1 is 1.10 bits per heavy atom. The number of ether oxygens (including phenoxy) is 3.